The Balaban J connectivity index is 1.29. The van der Waals surface area contributed by atoms with Gasteiger partial charge in [0.1, 0.15) is 5.75 Å². The number of para-hydroxylation sites is 1. The average molecular weight is 771 g/mol. The molecule has 0 unspecified atom stereocenters. The number of methoxy groups -OCH3 is 1. The van der Waals surface area contributed by atoms with Gasteiger partial charge >= 0.3 is 0 Å². The maximum absolute atomic E-state index is 15.0. The first-order valence-electron chi connectivity index (χ1n) is 17.0. The van der Waals surface area contributed by atoms with Crippen LogP contribution in [0.25, 0.3) is 0 Å². The molecule has 7 nitrogen and oxygen atoms in total. The zero-order chi connectivity index (χ0) is 34.5. The molecule has 8 heteroatoms. The summed E-state index contributed by atoms with van der Waals surface area (Å²) in [6, 6.07) is 32.1. The molecule has 3 aliphatic rings. The van der Waals surface area contributed by atoms with Gasteiger partial charge in [-0.2, -0.15) is 0 Å². The van der Waals surface area contributed by atoms with E-state index >= 15 is 4.79 Å². The van der Waals surface area contributed by atoms with Gasteiger partial charge in [0.25, 0.3) is 5.91 Å². The summed E-state index contributed by atoms with van der Waals surface area (Å²) in [5.74, 6) is 0.125. The van der Waals surface area contributed by atoms with Crippen LogP contribution in [0, 0.1) is 15.4 Å². The molecule has 3 heterocycles. The van der Waals surface area contributed by atoms with Gasteiger partial charge in [0.2, 0.25) is 5.91 Å². The molecule has 4 aromatic carbocycles. The molecular formula is C41H43IN2O5. The first kappa shape index (κ1) is 33.8. The van der Waals surface area contributed by atoms with Crippen molar-refractivity contribution in [1.82, 2.24) is 4.90 Å². The lowest BCUT2D eigenvalue weighted by molar-refractivity contribution is -0.151. The van der Waals surface area contributed by atoms with Gasteiger partial charge < -0.3 is 24.4 Å². The van der Waals surface area contributed by atoms with E-state index in [9.17, 15) is 9.90 Å². The number of fused-ring (bicyclic) bond motifs is 3. The number of hydrogen-bond acceptors (Lipinski definition) is 5. The standard InChI is InChI=1S/C41H43IN2O5/c1-26-38(40(2,3)30-16-18-33(48-4)19-17-30)36(22-37(46)43-24-29-12-6-5-11-28(29)21-32(43)25-45)49-41(26)34-14-7-8-15-35(34)44(39(41)47)23-27-10-9-13-31(42)20-27/h5-20,26,32,36,38,45H,21-25H2,1-4H3/t26-,32-,36+,38-,41+/m0/s1. The van der Waals surface area contributed by atoms with Crippen molar-refractivity contribution in [3.8, 4) is 5.75 Å². The molecule has 2 amide bonds. The van der Waals surface area contributed by atoms with Crippen LogP contribution >= 0.6 is 22.6 Å². The van der Waals surface area contributed by atoms with Gasteiger partial charge in [-0.25, -0.2) is 0 Å². The van der Waals surface area contributed by atoms with Gasteiger partial charge in [0, 0.05) is 27.5 Å². The first-order chi connectivity index (χ1) is 23.6. The number of carbonyl (C=O) groups excluding carboxylic acids is 2. The molecule has 0 aliphatic carbocycles. The largest absolute Gasteiger partial charge is 0.497 e. The lowest BCUT2D eigenvalue weighted by Crippen LogP contribution is -2.48. The molecule has 0 aromatic heterocycles. The fourth-order valence-corrected chi connectivity index (χ4v) is 9.38. The maximum atomic E-state index is 15.0. The quantitative estimate of drug-likeness (QED) is 0.195. The number of nitrogens with zero attached hydrogens (tertiary/aromatic N) is 2. The van der Waals surface area contributed by atoms with Crippen LogP contribution in [0.5, 0.6) is 5.75 Å². The van der Waals surface area contributed by atoms with E-state index in [-0.39, 0.29) is 42.7 Å². The second-order valence-electron chi connectivity index (χ2n) is 14.2. The van der Waals surface area contributed by atoms with Crippen molar-refractivity contribution in [3.63, 3.8) is 0 Å². The van der Waals surface area contributed by atoms with Gasteiger partial charge in [0.05, 0.1) is 44.5 Å². The first-order valence-corrected chi connectivity index (χ1v) is 18.1. The monoisotopic (exact) mass is 770 g/mol. The molecule has 7 rings (SSSR count). The summed E-state index contributed by atoms with van der Waals surface area (Å²) in [4.78, 5) is 33.1. The molecule has 3 aliphatic heterocycles. The smallest absolute Gasteiger partial charge is 0.264 e. The normalized spacial score (nSPS) is 24.7. The van der Waals surface area contributed by atoms with E-state index in [0.717, 1.165) is 42.8 Å². The number of anilines is 1. The number of halogens is 1. The van der Waals surface area contributed by atoms with Crippen molar-refractivity contribution < 1.29 is 24.2 Å². The van der Waals surface area contributed by atoms with Crippen LogP contribution in [0.3, 0.4) is 0 Å². The highest BCUT2D eigenvalue weighted by Crippen LogP contribution is 2.60. The number of aliphatic hydroxyl groups is 1. The Morgan fingerprint density at radius 1 is 1.00 bits per heavy atom. The minimum absolute atomic E-state index is 0.0761. The van der Waals surface area contributed by atoms with Gasteiger partial charge in [-0.3, -0.25) is 9.59 Å². The third kappa shape index (κ3) is 5.75. The predicted molar refractivity (Wildman–Crippen MR) is 198 cm³/mol. The van der Waals surface area contributed by atoms with E-state index < -0.39 is 17.1 Å². The summed E-state index contributed by atoms with van der Waals surface area (Å²) in [7, 11) is 1.66. The predicted octanol–water partition coefficient (Wildman–Crippen LogP) is 7.01. The topological polar surface area (TPSA) is 79.3 Å². The molecule has 254 valence electrons. The van der Waals surface area contributed by atoms with Crippen LogP contribution in [0.1, 0.15) is 55.0 Å². The zero-order valence-electron chi connectivity index (χ0n) is 28.4. The Kier molecular flexibility index (Phi) is 9.09. The van der Waals surface area contributed by atoms with E-state index in [1.54, 1.807) is 7.11 Å². The second-order valence-corrected chi connectivity index (χ2v) is 15.5. The van der Waals surface area contributed by atoms with Gasteiger partial charge in [-0.05, 0) is 87.0 Å². The highest BCUT2D eigenvalue weighted by molar-refractivity contribution is 14.1. The number of rotatable bonds is 8. The number of hydrogen-bond donors (Lipinski definition) is 1. The summed E-state index contributed by atoms with van der Waals surface area (Å²) < 4.78 is 13.8. The van der Waals surface area contributed by atoms with Crippen LogP contribution in [0.4, 0.5) is 5.69 Å². The Bertz CT molecular complexity index is 1880. The Hall–Kier alpha value is -3.73. The number of aliphatic hydroxyl groups excluding tert-OH is 1. The van der Waals surface area contributed by atoms with E-state index in [1.807, 2.05) is 76.5 Å². The average Bonchev–Trinajstić information content (AvgIpc) is 3.53. The molecule has 49 heavy (non-hydrogen) atoms. The zero-order valence-corrected chi connectivity index (χ0v) is 30.6. The highest BCUT2D eigenvalue weighted by atomic mass is 127. The van der Waals surface area contributed by atoms with Crippen molar-refractivity contribution in [2.24, 2.45) is 11.8 Å². The Labute approximate surface area is 302 Å². The van der Waals surface area contributed by atoms with Crippen molar-refractivity contribution in [3.05, 3.63) is 128 Å². The molecule has 4 aromatic rings. The van der Waals surface area contributed by atoms with Crippen molar-refractivity contribution >= 4 is 40.1 Å². The van der Waals surface area contributed by atoms with Crippen LogP contribution in [-0.4, -0.2) is 47.7 Å². The Morgan fingerprint density at radius 3 is 2.43 bits per heavy atom. The molecule has 1 spiro atoms. The minimum Gasteiger partial charge on any atom is -0.497 e. The fraction of sp³-hybridized carbons (Fsp3) is 0.366. The fourth-order valence-electron chi connectivity index (χ4n) is 8.77. The minimum atomic E-state index is -1.26. The number of amides is 2. The van der Waals surface area contributed by atoms with E-state index in [0.29, 0.717) is 19.5 Å². The molecular weight excluding hydrogens is 727 g/mol. The van der Waals surface area contributed by atoms with E-state index in [2.05, 4.69) is 73.7 Å². The van der Waals surface area contributed by atoms with Crippen LogP contribution in [-0.2, 0) is 44.9 Å². The molecule has 1 fully saturated rings. The molecule has 0 bridgehead atoms. The van der Waals surface area contributed by atoms with Crippen LogP contribution in [0.2, 0.25) is 0 Å². The molecule has 1 saturated heterocycles. The third-order valence-corrected chi connectivity index (χ3v) is 11.9. The van der Waals surface area contributed by atoms with E-state index in [1.165, 1.54) is 0 Å². The summed E-state index contributed by atoms with van der Waals surface area (Å²) in [6.07, 6.45) is 0.136. The number of carbonyl (C=O) groups is 2. The molecule has 5 atom stereocenters. The van der Waals surface area contributed by atoms with Crippen LogP contribution < -0.4 is 9.64 Å². The maximum Gasteiger partial charge on any atom is 0.264 e. The summed E-state index contributed by atoms with van der Waals surface area (Å²) in [5.41, 5.74) is 4.33. The number of ether oxygens (including phenoxy) is 2. The third-order valence-electron chi connectivity index (χ3n) is 11.2. The SMILES string of the molecule is COc1ccc(C(C)(C)[C@@H]2[C@@H](CC(=O)N3Cc4ccccc4C[C@H]3CO)O[C@]3(C(=O)N(Cc4cccc(I)c4)c4ccccc43)[C@H]2C)cc1. The lowest BCUT2D eigenvalue weighted by Gasteiger charge is -2.40. The van der Waals surface area contributed by atoms with E-state index in [4.69, 9.17) is 9.47 Å². The van der Waals surface area contributed by atoms with Crippen molar-refractivity contribution in [2.45, 2.75) is 69.9 Å². The van der Waals surface area contributed by atoms with Gasteiger partial charge in [-0.1, -0.05) is 87.5 Å². The highest BCUT2D eigenvalue weighted by Gasteiger charge is 2.66. The summed E-state index contributed by atoms with van der Waals surface area (Å²) in [6.45, 7) is 7.25. The number of benzene rings is 4. The Morgan fingerprint density at radius 2 is 1.71 bits per heavy atom. The molecule has 0 radical (unpaired) electrons. The van der Waals surface area contributed by atoms with Crippen molar-refractivity contribution in [2.75, 3.05) is 18.6 Å². The van der Waals surface area contributed by atoms with Gasteiger partial charge in [0.15, 0.2) is 5.60 Å². The summed E-state index contributed by atoms with van der Waals surface area (Å²) in [5, 5.41) is 10.4. The van der Waals surface area contributed by atoms with Gasteiger partial charge in [-0.15, -0.1) is 0 Å². The van der Waals surface area contributed by atoms with Crippen LogP contribution in [0.15, 0.2) is 97.1 Å². The lowest BCUT2D eigenvalue weighted by atomic mass is 9.63. The van der Waals surface area contributed by atoms with Crippen molar-refractivity contribution in [1.29, 1.82) is 0 Å². The molecule has 1 N–H and O–H groups in total. The summed E-state index contributed by atoms with van der Waals surface area (Å²) >= 11 is 2.30. The second kappa shape index (κ2) is 13.2. The molecule has 0 saturated carbocycles.